The van der Waals surface area contributed by atoms with Gasteiger partial charge >= 0.3 is 5.97 Å². The Balaban J connectivity index is 1.94. The third kappa shape index (κ3) is 5.41. The van der Waals surface area contributed by atoms with Crippen LogP contribution in [0.3, 0.4) is 0 Å². The van der Waals surface area contributed by atoms with Gasteiger partial charge in [0.2, 0.25) is 5.91 Å². The SMILES string of the molecule is Cc1ccc(CC(C)C(=O)NCC(C(=O)O)c2ccc(F)cc2)cc1. The van der Waals surface area contributed by atoms with E-state index in [-0.39, 0.29) is 18.4 Å². The molecule has 0 heterocycles. The molecule has 2 rings (SSSR count). The van der Waals surface area contributed by atoms with Gasteiger partial charge in [0.25, 0.3) is 0 Å². The number of nitrogens with one attached hydrogen (secondary N) is 1. The number of hydrogen-bond acceptors (Lipinski definition) is 2. The number of carbonyl (C=O) groups is 2. The molecule has 132 valence electrons. The summed E-state index contributed by atoms with van der Waals surface area (Å²) in [6.45, 7) is 3.78. The Morgan fingerprint density at radius 3 is 2.24 bits per heavy atom. The second kappa shape index (κ2) is 8.42. The average molecular weight is 343 g/mol. The molecule has 0 aliphatic rings. The molecule has 2 N–H and O–H groups in total. The van der Waals surface area contributed by atoms with E-state index in [1.807, 2.05) is 38.1 Å². The molecule has 5 heteroatoms. The van der Waals surface area contributed by atoms with E-state index in [1.54, 1.807) is 0 Å². The fourth-order valence-electron chi connectivity index (χ4n) is 2.59. The van der Waals surface area contributed by atoms with Crippen molar-refractivity contribution in [1.82, 2.24) is 5.32 Å². The fourth-order valence-corrected chi connectivity index (χ4v) is 2.59. The van der Waals surface area contributed by atoms with Crippen LogP contribution in [0.1, 0.15) is 29.5 Å². The van der Waals surface area contributed by atoms with E-state index >= 15 is 0 Å². The largest absolute Gasteiger partial charge is 0.481 e. The summed E-state index contributed by atoms with van der Waals surface area (Å²) in [5.74, 6) is -2.86. The van der Waals surface area contributed by atoms with E-state index in [0.29, 0.717) is 12.0 Å². The van der Waals surface area contributed by atoms with Gasteiger partial charge in [-0.1, -0.05) is 48.9 Å². The molecule has 0 saturated carbocycles. The zero-order valence-corrected chi connectivity index (χ0v) is 14.3. The molecule has 2 atom stereocenters. The first-order valence-electron chi connectivity index (χ1n) is 8.18. The molecule has 0 aromatic heterocycles. The topological polar surface area (TPSA) is 66.4 Å². The van der Waals surface area contributed by atoms with Crippen LogP contribution in [-0.2, 0) is 16.0 Å². The normalized spacial score (nSPS) is 13.1. The lowest BCUT2D eigenvalue weighted by Crippen LogP contribution is -2.35. The summed E-state index contributed by atoms with van der Waals surface area (Å²) in [4.78, 5) is 23.7. The van der Waals surface area contributed by atoms with Crippen LogP contribution in [0, 0.1) is 18.7 Å². The van der Waals surface area contributed by atoms with Gasteiger partial charge in [-0.05, 0) is 36.6 Å². The third-order valence-electron chi connectivity index (χ3n) is 4.16. The number of aryl methyl sites for hydroxylation is 1. The van der Waals surface area contributed by atoms with Gasteiger partial charge in [0.15, 0.2) is 0 Å². The van der Waals surface area contributed by atoms with E-state index < -0.39 is 17.7 Å². The minimum atomic E-state index is -1.06. The van der Waals surface area contributed by atoms with Crippen LogP contribution in [0.15, 0.2) is 48.5 Å². The number of amides is 1. The Kier molecular flexibility index (Phi) is 6.28. The standard InChI is InChI=1S/C20H22FNO3/c1-13-3-5-15(6-4-13)11-14(2)19(23)22-12-18(20(24)25)16-7-9-17(21)10-8-16/h3-10,14,18H,11-12H2,1-2H3,(H,22,23)(H,24,25). The summed E-state index contributed by atoms with van der Waals surface area (Å²) in [5, 5.41) is 12.1. The van der Waals surface area contributed by atoms with Gasteiger partial charge in [0, 0.05) is 12.5 Å². The summed E-state index contributed by atoms with van der Waals surface area (Å²) in [7, 11) is 0. The van der Waals surface area contributed by atoms with Gasteiger partial charge in [-0.2, -0.15) is 0 Å². The van der Waals surface area contributed by atoms with Gasteiger partial charge in [0.05, 0.1) is 5.92 Å². The predicted molar refractivity (Wildman–Crippen MR) is 93.8 cm³/mol. The van der Waals surface area contributed by atoms with Crippen molar-refractivity contribution in [3.8, 4) is 0 Å². The third-order valence-corrected chi connectivity index (χ3v) is 4.16. The van der Waals surface area contributed by atoms with Crippen molar-refractivity contribution < 1.29 is 19.1 Å². The number of halogens is 1. The summed E-state index contributed by atoms with van der Waals surface area (Å²) in [6, 6.07) is 13.2. The van der Waals surface area contributed by atoms with Crippen LogP contribution in [0.4, 0.5) is 4.39 Å². The van der Waals surface area contributed by atoms with Gasteiger partial charge in [-0.25, -0.2) is 4.39 Å². The Bertz CT molecular complexity index is 726. The van der Waals surface area contributed by atoms with Crippen LogP contribution in [0.25, 0.3) is 0 Å². The van der Waals surface area contributed by atoms with Gasteiger partial charge < -0.3 is 10.4 Å². The fraction of sp³-hybridized carbons (Fsp3) is 0.300. The lowest BCUT2D eigenvalue weighted by molar-refractivity contribution is -0.138. The summed E-state index contributed by atoms with van der Waals surface area (Å²) >= 11 is 0. The molecular weight excluding hydrogens is 321 g/mol. The molecule has 0 bridgehead atoms. The van der Waals surface area contributed by atoms with Crippen LogP contribution in [-0.4, -0.2) is 23.5 Å². The molecule has 2 aromatic rings. The van der Waals surface area contributed by atoms with Crippen molar-refractivity contribution in [1.29, 1.82) is 0 Å². The first-order valence-corrected chi connectivity index (χ1v) is 8.18. The highest BCUT2D eigenvalue weighted by atomic mass is 19.1. The average Bonchev–Trinajstić information content (AvgIpc) is 2.58. The molecule has 0 saturated heterocycles. The number of hydrogen-bond donors (Lipinski definition) is 2. The number of carboxylic acids is 1. The van der Waals surface area contributed by atoms with Crippen LogP contribution < -0.4 is 5.32 Å². The Labute approximate surface area is 146 Å². The first-order chi connectivity index (χ1) is 11.9. The maximum atomic E-state index is 13.0. The van der Waals surface area contributed by atoms with Gasteiger partial charge in [0.1, 0.15) is 5.82 Å². The van der Waals surface area contributed by atoms with Crippen molar-refractivity contribution in [2.45, 2.75) is 26.2 Å². The van der Waals surface area contributed by atoms with Gasteiger partial charge in [-0.15, -0.1) is 0 Å². The Hall–Kier alpha value is -2.69. The van der Waals surface area contributed by atoms with E-state index in [9.17, 15) is 19.1 Å². The van der Waals surface area contributed by atoms with Crippen LogP contribution in [0.5, 0.6) is 0 Å². The highest BCUT2D eigenvalue weighted by Crippen LogP contribution is 2.17. The van der Waals surface area contributed by atoms with E-state index in [0.717, 1.165) is 11.1 Å². The number of carboxylic acid groups (broad SMARTS) is 1. The summed E-state index contributed by atoms with van der Waals surface area (Å²) < 4.78 is 13.0. The second-order valence-corrected chi connectivity index (χ2v) is 6.28. The van der Waals surface area contributed by atoms with Crippen LogP contribution in [0.2, 0.25) is 0 Å². The van der Waals surface area contributed by atoms with E-state index in [4.69, 9.17) is 0 Å². The second-order valence-electron chi connectivity index (χ2n) is 6.28. The van der Waals surface area contributed by atoms with Crippen molar-refractivity contribution in [2.75, 3.05) is 6.54 Å². The highest BCUT2D eigenvalue weighted by molar-refractivity contribution is 5.81. The van der Waals surface area contributed by atoms with Crippen molar-refractivity contribution >= 4 is 11.9 Å². The maximum absolute atomic E-state index is 13.0. The molecule has 1 amide bonds. The minimum Gasteiger partial charge on any atom is -0.481 e. The first kappa shape index (κ1) is 18.6. The lowest BCUT2D eigenvalue weighted by atomic mass is 9.97. The molecule has 0 spiro atoms. The zero-order chi connectivity index (χ0) is 18.4. The monoisotopic (exact) mass is 343 g/mol. The Morgan fingerprint density at radius 2 is 1.68 bits per heavy atom. The Morgan fingerprint density at radius 1 is 1.08 bits per heavy atom. The quantitative estimate of drug-likeness (QED) is 0.811. The van der Waals surface area contributed by atoms with Crippen molar-refractivity contribution in [3.63, 3.8) is 0 Å². The van der Waals surface area contributed by atoms with Crippen LogP contribution >= 0.6 is 0 Å². The number of rotatable bonds is 7. The molecule has 0 aliphatic heterocycles. The lowest BCUT2D eigenvalue weighted by Gasteiger charge is -2.17. The molecule has 2 aromatic carbocycles. The maximum Gasteiger partial charge on any atom is 0.312 e. The highest BCUT2D eigenvalue weighted by Gasteiger charge is 2.22. The summed E-state index contributed by atoms with van der Waals surface area (Å²) in [6.07, 6.45) is 0.584. The molecule has 0 radical (unpaired) electrons. The number of benzene rings is 2. The van der Waals surface area contributed by atoms with E-state index in [2.05, 4.69) is 5.32 Å². The minimum absolute atomic E-state index is 0.0297. The smallest absolute Gasteiger partial charge is 0.312 e. The van der Waals surface area contributed by atoms with Crippen molar-refractivity contribution in [3.05, 3.63) is 71.0 Å². The molecule has 4 nitrogen and oxygen atoms in total. The molecule has 0 fully saturated rings. The van der Waals surface area contributed by atoms with Crippen molar-refractivity contribution in [2.24, 2.45) is 5.92 Å². The molecule has 25 heavy (non-hydrogen) atoms. The predicted octanol–water partition coefficient (Wildman–Crippen LogP) is 3.30. The zero-order valence-electron chi connectivity index (χ0n) is 14.3. The molecule has 2 unspecified atom stereocenters. The number of aliphatic carboxylic acids is 1. The molecule has 0 aliphatic carbocycles. The summed E-state index contributed by atoms with van der Waals surface area (Å²) in [5.41, 5.74) is 2.67. The molecular formula is C20H22FNO3. The number of carbonyl (C=O) groups excluding carboxylic acids is 1. The van der Waals surface area contributed by atoms with Gasteiger partial charge in [-0.3, -0.25) is 9.59 Å². The van der Waals surface area contributed by atoms with E-state index in [1.165, 1.54) is 24.3 Å².